The molecule has 1 fully saturated rings. The van der Waals surface area contributed by atoms with Crippen LogP contribution in [-0.2, 0) is 10.3 Å². The van der Waals surface area contributed by atoms with Crippen molar-refractivity contribution < 1.29 is 13.9 Å². The van der Waals surface area contributed by atoms with Crippen molar-refractivity contribution in [2.24, 2.45) is 0 Å². The number of carbonyl (C=O) groups excluding carboxylic acids is 1. The monoisotopic (exact) mass is 339 g/mol. The second-order valence-electron chi connectivity index (χ2n) is 6.39. The Labute approximate surface area is 147 Å². The summed E-state index contributed by atoms with van der Waals surface area (Å²) < 4.78 is 19.0. The highest BCUT2D eigenvalue weighted by Gasteiger charge is 2.42. The first-order valence-corrected chi connectivity index (χ1v) is 8.47. The molecule has 0 aliphatic carbocycles. The van der Waals surface area contributed by atoms with Crippen LogP contribution in [0.15, 0.2) is 67.3 Å². The second-order valence-corrected chi connectivity index (χ2v) is 6.39. The van der Waals surface area contributed by atoms with E-state index < -0.39 is 5.60 Å². The summed E-state index contributed by atoms with van der Waals surface area (Å²) in [5.41, 5.74) is 1.20. The number of ether oxygens (including phenoxy) is 1. The minimum Gasteiger partial charge on any atom is -0.437 e. The molecule has 130 valence electrons. The van der Waals surface area contributed by atoms with Crippen molar-refractivity contribution >= 4 is 6.09 Å². The van der Waals surface area contributed by atoms with E-state index in [2.05, 4.69) is 6.58 Å². The number of hydrogen-bond donors (Lipinski definition) is 0. The summed E-state index contributed by atoms with van der Waals surface area (Å²) in [6.07, 6.45) is 2.69. The molecule has 0 spiro atoms. The molecule has 1 aliphatic heterocycles. The maximum Gasteiger partial charge on any atom is 0.411 e. The molecule has 0 aromatic heterocycles. The fourth-order valence-electron chi connectivity index (χ4n) is 3.38. The maximum absolute atomic E-state index is 13.1. The van der Waals surface area contributed by atoms with Gasteiger partial charge in [-0.1, -0.05) is 48.5 Å². The molecule has 3 rings (SSSR count). The van der Waals surface area contributed by atoms with E-state index in [0.29, 0.717) is 19.4 Å². The predicted molar refractivity (Wildman–Crippen MR) is 95.6 cm³/mol. The van der Waals surface area contributed by atoms with E-state index in [4.69, 9.17) is 4.74 Å². The summed E-state index contributed by atoms with van der Waals surface area (Å²) in [5, 5.41) is 0. The first kappa shape index (κ1) is 17.2. The Morgan fingerprint density at radius 1 is 1.24 bits per heavy atom. The van der Waals surface area contributed by atoms with Gasteiger partial charge in [0.25, 0.3) is 0 Å². The minimum atomic E-state index is -0.668. The molecule has 2 atom stereocenters. The van der Waals surface area contributed by atoms with E-state index in [1.165, 1.54) is 12.1 Å². The van der Waals surface area contributed by atoms with E-state index in [-0.39, 0.29) is 18.0 Å². The highest BCUT2D eigenvalue weighted by Crippen LogP contribution is 2.39. The number of cyclic esters (lactones) is 1. The fraction of sp³-hybridized carbons (Fsp3) is 0.286. The van der Waals surface area contributed by atoms with Crippen molar-refractivity contribution in [3.8, 4) is 0 Å². The standard InChI is InChI=1S/C21H22FNO2/c1-3-13-21(18-7-5-4-6-8-18)14-15-23(20(24)25-21)16(2)17-9-11-19(22)12-10-17/h3-12,16H,1,13-15H2,2H3/t16-,21+/m0/s1. The van der Waals surface area contributed by atoms with Crippen LogP contribution in [0.5, 0.6) is 0 Å². The first-order chi connectivity index (χ1) is 12.1. The molecule has 0 saturated carbocycles. The van der Waals surface area contributed by atoms with Crippen molar-refractivity contribution in [3.63, 3.8) is 0 Å². The number of rotatable bonds is 5. The number of halogens is 1. The number of hydrogen-bond acceptors (Lipinski definition) is 2. The van der Waals surface area contributed by atoms with E-state index in [0.717, 1.165) is 11.1 Å². The van der Waals surface area contributed by atoms with Crippen LogP contribution < -0.4 is 0 Å². The van der Waals surface area contributed by atoms with Crippen molar-refractivity contribution in [1.82, 2.24) is 4.90 Å². The van der Waals surface area contributed by atoms with Crippen molar-refractivity contribution in [2.75, 3.05) is 6.54 Å². The summed E-state index contributed by atoms with van der Waals surface area (Å²) in [5.74, 6) is -0.286. The Balaban J connectivity index is 1.82. The zero-order chi connectivity index (χ0) is 17.9. The van der Waals surface area contributed by atoms with Gasteiger partial charge in [-0.2, -0.15) is 0 Å². The minimum absolute atomic E-state index is 0.175. The molecule has 25 heavy (non-hydrogen) atoms. The van der Waals surface area contributed by atoms with E-state index in [1.807, 2.05) is 37.3 Å². The third-order valence-electron chi connectivity index (χ3n) is 4.87. The Morgan fingerprint density at radius 2 is 1.92 bits per heavy atom. The predicted octanol–water partition coefficient (Wildman–Crippen LogP) is 5.20. The number of amides is 1. The van der Waals surface area contributed by atoms with Crippen LogP contribution in [0.3, 0.4) is 0 Å². The molecular weight excluding hydrogens is 317 g/mol. The lowest BCUT2D eigenvalue weighted by Crippen LogP contribution is -2.48. The molecular formula is C21H22FNO2. The second kappa shape index (κ2) is 7.09. The summed E-state index contributed by atoms with van der Waals surface area (Å²) in [7, 11) is 0. The Bertz CT molecular complexity index is 744. The van der Waals surface area contributed by atoms with Crippen LogP contribution in [0.4, 0.5) is 9.18 Å². The highest BCUT2D eigenvalue weighted by atomic mass is 19.1. The van der Waals surface area contributed by atoms with Gasteiger partial charge < -0.3 is 9.64 Å². The molecule has 0 bridgehead atoms. The van der Waals surface area contributed by atoms with Gasteiger partial charge in [0.05, 0.1) is 6.04 Å². The first-order valence-electron chi connectivity index (χ1n) is 8.47. The van der Waals surface area contributed by atoms with Gasteiger partial charge in [-0.05, 0) is 30.2 Å². The summed E-state index contributed by atoms with van der Waals surface area (Å²) >= 11 is 0. The molecule has 2 aromatic carbocycles. The normalized spacial score (nSPS) is 21.5. The lowest BCUT2D eigenvalue weighted by atomic mass is 9.85. The Hall–Kier alpha value is -2.62. The van der Waals surface area contributed by atoms with Crippen LogP contribution in [-0.4, -0.2) is 17.5 Å². The highest BCUT2D eigenvalue weighted by molar-refractivity contribution is 5.70. The maximum atomic E-state index is 13.1. The fourth-order valence-corrected chi connectivity index (χ4v) is 3.38. The van der Waals surface area contributed by atoms with Crippen LogP contribution in [0.1, 0.15) is 36.9 Å². The van der Waals surface area contributed by atoms with Gasteiger partial charge >= 0.3 is 6.09 Å². The molecule has 1 heterocycles. The summed E-state index contributed by atoms with van der Waals surface area (Å²) in [6.45, 7) is 6.32. The molecule has 3 nitrogen and oxygen atoms in total. The van der Waals surface area contributed by atoms with Crippen LogP contribution in [0.25, 0.3) is 0 Å². The topological polar surface area (TPSA) is 29.5 Å². The molecule has 0 radical (unpaired) electrons. The quantitative estimate of drug-likeness (QED) is 0.701. The summed E-state index contributed by atoms with van der Waals surface area (Å²) in [6, 6.07) is 15.9. The number of carbonyl (C=O) groups is 1. The Morgan fingerprint density at radius 3 is 2.52 bits per heavy atom. The average molecular weight is 339 g/mol. The van der Waals surface area contributed by atoms with Gasteiger partial charge in [-0.3, -0.25) is 0 Å². The van der Waals surface area contributed by atoms with Crippen LogP contribution >= 0.6 is 0 Å². The lowest BCUT2D eigenvalue weighted by Gasteiger charge is -2.43. The van der Waals surface area contributed by atoms with Crippen molar-refractivity contribution in [2.45, 2.75) is 31.4 Å². The largest absolute Gasteiger partial charge is 0.437 e. The zero-order valence-corrected chi connectivity index (χ0v) is 14.3. The molecule has 2 aromatic rings. The molecule has 1 aliphatic rings. The molecule has 1 amide bonds. The van der Waals surface area contributed by atoms with Gasteiger partial charge in [0.1, 0.15) is 11.4 Å². The van der Waals surface area contributed by atoms with Gasteiger partial charge in [0.2, 0.25) is 0 Å². The molecule has 1 saturated heterocycles. The van der Waals surface area contributed by atoms with Gasteiger partial charge in [0.15, 0.2) is 0 Å². The van der Waals surface area contributed by atoms with Crippen molar-refractivity contribution in [3.05, 3.63) is 84.2 Å². The third-order valence-corrected chi connectivity index (χ3v) is 4.87. The van der Waals surface area contributed by atoms with Crippen LogP contribution in [0, 0.1) is 5.82 Å². The Kier molecular flexibility index (Phi) is 4.88. The van der Waals surface area contributed by atoms with Crippen molar-refractivity contribution in [1.29, 1.82) is 0 Å². The molecule has 0 unspecified atom stereocenters. The molecule has 4 heteroatoms. The van der Waals surface area contributed by atoms with Crippen LogP contribution in [0.2, 0.25) is 0 Å². The lowest BCUT2D eigenvalue weighted by molar-refractivity contribution is -0.0588. The number of nitrogens with zero attached hydrogens (tertiary/aromatic N) is 1. The SMILES string of the molecule is C=CC[C@]1(c2ccccc2)CCN([C@@H](C)c2ccc(F)cc2)C(=O)O1. The van der Waals surface area contributed by atoms with Gasteiger partial charge in [0, 0.05) is 19.4 Å². The average Bonchev–Trinajstić information content (AvgIpc) is 2.63. The third kappa shape index (κ3) is 3.43. The number of benzene rings is 2. The zero-order valence-electron chi connectivity index (χ0n) is 14.3. The smallest absolute Gasteiger partial charge is 0.411 e. The van der Waals surface area contributed by atoms with E-state index in [9.17, 15) is 9.18 Å². The van der Waals surface area contributed by atoms with Gasteiger partial charge in [-0.15, -0.1) is 6.58 Å². The van der Waals surface area contributed by atoms with E-state index in [1.54, 1.807) is 23.1 Å². The van der Waals surface area contributed by atoms with Gasteiger partial charge in [-0.25, -0.2) is 9.18 Å². The molecule has 0 N–H and O–H groups in total. The summed E-state index contributed by atoms with van der Waals surface area (Å²) in [4.78, 5) is 14.4. The van der Waals surface area contributed by atoms with E-state index >= 15 is 0 Å².